The first-order chi connectivity index (χ1) is 12.1. The van der Waals surface area contributed by atoms with E-state index in [0.717, 1.165) is 28.6 Å². The van der Waals surface area contributed by atoms with Crippen LogP contribution in [-0.2, 0) is 9.53 Å². The van der Waals surface area contributed by atoms with Gasteiger partial charge in [0.1, 0.15) is 21.9 Å². The average molecular weight is 360 g/mol. The van der Waals surface area contributed by atoms with E-state index in [-0.39, 0.29) is 17.9 Å². The maximum atomic E-state index is 12.1. The number of anilines is 1. The average Bonchev–Trinajstić information content (AvgIpc) is 3.28. The molecule has 132 valence electrons. The predicted molar refractivity (Wildman–Crippen MR) is 94.9 cm³/mol. The number of carbonyl (C=O) groups is 2. The van der Waals surface area contributed by atoms with E-state index < -0.39 is 0 Å². The largest absolute Gasteiger partial charge is 0.462 e. The van der Waals surface area contributed by atoms with Crippen molar-refractivity contribution in [1.82, 2.24) is 14.9 Å². The van der Waals surface area contributed by atoms with Crippen molar-refractivity contribution in [2.24, 2.45) is 0 Å². The standard InChI is InChI=1S/C17H20N4O3S/c1-3-24-17(23)14-9(2)13-15(18-8-19-16(13)25-14)20-10-6-12(22)21(7-10)11-4-5-11/h8,10-11H,3-7H2,1-2H3,(H,18,19,20). The van der Waals surface area contributed by atoms with E-state index in [0.29, 0.717) is 36.3 Å². The summed E-state index contributed by atoms with van der Waals surface area (Å²) >= 11 is 1.32. The van der Waals surface area contributed by atoms with Gasteiger partial charge < -0.3 is 15.0 Å². The Morgan fingerprint density at radius 3 is 2.96 bits per heavy atom. The summed E-state index contributed by atoms with van der Waals surface area (Å²) < 4.78 is 5.12. The Morgan fingerprint density at radius 2 is 2.24 bits per heavy atom. The van der Waals surface area contributed by atoms with Crippen LogP contribution in [0.3, 0.4) is 0 Å². The third-order valence-electron chi connectivity index (χ3n) is 4.67. The van der Waals surface area contributed by atoms with E-state index >= 15 is 0 Å². The van der Waals surface area contributed by atoms with Gasteiger partial charge >= 0.3 is 5.97 Å². The summed E-state index contributed by atoms with van der Waals surface area (Å²) in [5.41, 5.74) is 0.824. The smallest absolute Gasteiger partial charge is 0.348 e. The van der Waals surface area contributed by atoms with Crippen LogP contribution in [0.2, 0.25) is 0 Å². The Morgan fingerprint density at radius 1 is 1.44 bits per heavy atom. The Labute approximate surface area is 149 Å². The number of esters is 1. The Bertz CT molecular complexity index is 846. The fraction of sp³-hybridized carbons (Fsp3) is 0.529. The van der Waals surface area contributed by atoms with Crippen LogP contribution in [0.15, 0.2) is 6.33 Å². The van der Waals surface area contributed by atoms with Gasteiger partial charge in [0, 0.05) is 19.0 Å². The summed E-state index contributed by atoms with van der Waals surface area (Å²) in [7, 11) is 0. The van der Waals surface area contributed by atoms with E-state index in [4.69, 9.17) is 4.74 Å². The van der Waals surface area contributed by atoms with E-state index in [9.17, 15) is 9.59 Å². The number of aromatic nitrogens is 2. The number of nitrogens with one attached hydrogen (secondary N) is 1. The number of hydrogen-bond acceptors (Lipinski definition) is 7. The highest BCUT2D eigenvalue weighted by Gasteiger charge is 2.39. The molecule has 25 heavy (non-hydrogen) atoms. The number of aryl methyl sites for hydroxylation is 1. The van der Waals surface area contributed by atoms with Crippen molar-refractivity contribution in [2.75, 3.05) is 18.5 Å². The highest BCUT2D eigenvalue weighted by atomic mass is 32.1. The van der Waals surface area contributed by atoms with Gasteiger partial charge in [-0.3, -0.25) is 4.79 Å². The van der Waals surface area contributed by atoms with Crippen molar-refractivity contribution in [1.29, 1.82) is 0 Å². The van der Waals surface area contributed by atoms with Gasteiger partial charge in [-0.1, -0.05) is 0 Å². The van der Waals surface area contributed by atoms with Gasteiger partial charge in [-0.25, -0.2) is 14.8 Å². The second kappa shape index (κ2) is 6.25. The normalized spacial score (nSPS) is 20.3. The summed E-state index contributed by atoms with van der Waals surface area (Å²) in [4.78, 5) is 36.2. The molecule has 0 aromatic carbocycles. The molecule has 0 spiro atoms. The number of likely N-dealkylation sites (tertiary alicyclic amines) is 1. The topological polar surface area (TPSA) is 84.4 Å². The molecule has 1 unspecified atom stereocenters. The van der Waals surface area contributed by atoms with Crippen LogP contribution in [0.25, 0.3) is 10.2 Å². The fourth-order valence-corrected chi connectivity index (χ4v) is 4.38. The van der Waals surface area contributed by atoms with Gasteiger partial charge in [0.25, 0.3) is 0 Å². The van der Waals surface area contributed by atoms with Crippen molar-refractivity contribution in [3.05, 3.63) is 16.8 Å². The van der Waals surface area contributed by atoms with Crippen LogP contribution in [0, 0.1) is 6.92 Å². The van der Waals surface area contributed by atoms with Crippen LogP contribution < -0.4 is 5.32 Å². The zero-order valence-electron chi connectivity index (χ0n) is 14.2. The van der Waals surface area contributed by atoms with Crippen LogP contribution in [0.4, 0.5) is 5.82 Å². The van der Waals surface area contributed by atoms with Crippen LogP contribution in [-0.4, -0.2) is 52.0 Å². The zero-order valence-corrected chi connectivity index (χ0v) is 15.1. The lowest BCUT2D eigenvalue weighted by molar-refractivity contribution is -0.128. The monoisotopic (exact) mass is 360 g/mol. The summed E-state index contributed by atoms with van der Waals surface area (Å²) in [5, 5.41) is 4.23. The molecule has 1 saturated heterocycles. The van der Waals surface area contributed by atoms with Gasteiger partial charge in [0.05, 0.1) is 18.0 Å². The quantitative estimate of drug-likeness (QED) is 0.824. The molecule has 1 atom stereocenters. The molecule has 1 aliphatic carbocycles. The van der Waals surface area contributed by atoms with Gasteiger partial charge in [-0.15, -0.1) is 11.3 Å². The molecule has 1 N–H and O–H groups in total. The molecular weight excluding hydrogens is 340 g/mol. The highest BCUT2D eigenvalue weighted by molar-refractivity contribution is 7.20. The number of rotatable bonds is 5. The van der Waals surface area contributed by atoms with Crippen LogP contribution >= 0.6 is 11.3 Å². The Hall–Kier alpha value is -2.22. The molecular formula is C17H20N4O3S. The number of ether oxygens (including phenoxy) is 1. The lowest BCUT2D eigenvalue weighted by Crippen LogP contribution is -2.30. The molecule has 2 aromatic rings. The predicted octanol–water partition coefficient (Wildman–Crippen LogP) is 2.35. The number of hydrogen-bond donors (Lipinski definition) is 1. The van der Waals surface area contributed by atoms with Gasteiger partial charge in [-0.05, 0) is 32.3 Å². The molecule has 1 amide bonds. The third kappa shape index (κ3) is 2.95. The fourth-order valence-electron chi connectivity index (χ4n) is 3.33. The number of thiophene rings is 1. The number of carbonyl (C=O) groups excluding carboxylic acids is 2. The summed E-state index contributed by atoms with van der Waals surface area (Å²) in [6.45, 7) is 4.72. The van der Waals surface area contributed by atoms with Crippen molar-refractivity contribution in [3.8, 4) is 0 Å². The minimum absolute atomic E-state index is 0.0385. The molecule has 0 radical (unpaired) electrons. The summed E-state index contributed by atoms with van der Waals surface area (Å²) in [6, 6.07) is 0.472. The van der Waals surface area contributed by atoms with Crippen molar-refractivity contribution < 1.29 is 14.3 Å². The van der Waals surface area contributed by atoms with E-state index in [1.165, 1.54) is 17.7 Å². The first-order valence-corrected chi connectivity index (χ1v) is 9.37. The van der Waals surface area contributed by atoms with Crippen LogP contribution in [0.1, 0.15) is 41.4 Å². The number of fused-ring (bicyclic) bond motifs is 1. The first kappa shape index (κ1) is 16.3. The van der Waals surface area contributed by atoms with Gasteiger partial charge in [-0.2, -0.15) is 0 Å². The maximum Gasteiger partial charge on any atom is 0.348 e. The van der Waals surface area contributed by atoms with Crippen molar-refractivity contribution in [3.63, 3.8) is 0 Å². The highest BCUT2D eigenvalue weighted by Crippen LogP contribution is 2.35. The summed E-state index contributed by atoms with van der Waals surface area (Å²) in [5.74, 6) is 0.564. The molecule has 7 nitrogen and oxygen atoms in total. The molecule has 8 heteroatoms. The summed E-state index contributed by atoms with van der Waals surface area (Å²) in [6.07, 6.45) is 4.20. The number of nitrogens with zero attached hydrogens (tertiary/aromatic N) is 3. The Kier molecular flexibility index (Phi) is 4.07. The van der Waals surface area contributed by atoms with Gasteiger partial charge in [0.15, 0.2) is 0 Å². The Balaban J connectivity index is 1.61. The minimum atomic E-state index is -0.329. The van der Waals surface area contributed by atoms with E-state index in [2.05, 4.69) is 15.3 Å². The lowest BCUT2D eigenvalue weighted by Gasteiger charge is -2.16. The molecule has 2 aliphatic rings. The van der Waals surface area contributed by atoms with Crippen molar-refractivity contribution >= 4 is 39.2 Å². The minimum Gasteiger partial charge on any atom is -0.462 e. The molecule has 0 bridgehead atoms. The lowest BCUT2D eigenvalue weighted by atomic mass is 10.2. The second-order valence-corrected chi connectivity index (χ2v) is 7.50. The molecule has 4 rings (SSSR count). The third-order valence-corrected chi connectivity index (χ3v) is 5.85. The second-order valence-electron chi connectivity index (χ2n) is 6.50. The van der Waals surface area contributed by atoms with Gasteiger partial charge in [0.2, 0.25) is 5.91 Å². The SMILES string of the molecule is CCOC(=O)c1sc2ncnc(NC3CC(=O)N(C4CC4)C3)c2c1C. The van der Waals surface area contributed by atoms with E-state index in [1.807, 2.05) is 11.8 Å². The molecule has 2 aromatic heterocycles. The zero-order chi connectivity index (χ0) is 17.6. The maximum absolute atomic E-state index is 12.1. The number of amides is 1. The van der Waals surface area contributed by atoms with E-state index in [1.54, 1.807) is 6.92 Å². The molecule has 1 aliphatic heterocycles. The van der Waals surface area contributed by atoms with Crippen LogP contribution in [0.5, 0.6) is 0 Å². The molecule has 2 fully saturated rings. The first-order valence-electron chi connectivity index (χ1n) is 8.55. The van der Waals surface area contributed by atoms with Crippen molar-refractivity contribution in [2.45, 2.75) is 45.2 Å². The molecule has 1 saturated carbocycles. The molecule has 3 heterocycles.